The summed E-state index contributed by atoms with van der Waals surface area (Å²) in [7, 11) is 3.36. The molecule has 0 aromatic heterocycles. The van der Waals surface area contributed by atoms with Crippen molar-refractivity contribution >= 4 is 0 Å². The highest BCUT2D eigenvalue weighted by atomic mass is 19.1. The Bertz CT molecular complexity index is 341. The van der Waals surface area contributed by atoms with Crippen molar-refractivity contribution < 1.29 is 9.13 Å². The zero-order valence-electron chi connectivity index (χ0n) is 10.9. The zero-order valence-corrected chi connectivity index (χ0v) is 10.9. The summed E-state index contributed by atoms with van der Waals surface area (Å²) in [5, 5.41) is 3.17. The molecule has 1 rings (SSSR count). The first-order chi connectivity index (χ1) is 8.24. The van der Waals surface area contributed by atoms with Crippen molar-refractivity contribution in [2.45, 2.75) is 38.6 Å². The van der Waals surface area contributed by atoms with Crippen LogP contribution < -0.4 is 10.1 Å². The molecule has 0 spiro atoms. The van der Waals surface area contributed by atoms with E-state index in [0.717, 1.165) is 12.8 Å². The maximum absolute atomic E-state index is 14.1. The normalized spacial score (nSPS) is 12.5. The van der Waals surface area contributed by atoms with Crippen LogP contribution in [0, 0.1) is 5.82 Å². The standard InChI is InChI=1S/C14H22FNO/c1-4-5-6-9-12(16-2)11-8-7-10-13(17-3)14(11)15/h7-8,10,12,16H,4-6,9H2,1-3H3. The fourth-order valence-corrected chi connectivity index (χ4v) is 2.01. The van der Waals surface area contributed by atoms with Crippen LogP contribution in [0.5, 0.6) is 5.75 Å². The van der Waals surface area contributed by atoms with E-state index in [-0.39, 0.29) is 11.9 Å². The third kappa shape index (κ3) is 3.70. The smallest absolute Gasteiger partial charge is 0.169 e. The van der Waals surface area contributed by atoms with Gasteiger partial charge in [0, 0.05) is 11.6 Å². The van der Waals surface area contributed by atoms with Crippen molar-refractivity contribution in [1.29, 1.82) is 0 Å². The third-order valence-electron chi connectivity index (χ3n) is 3.03. The first-order valence-corrected chi connectivity index (χ1v) is 6.24. The predicted octanol–water partition coefficient (Wildman–Crippen LogP) is 3.68. The molecule has 1 aromatic carbocycles. The molecule has 1 aromatic rings. The van der Waals surface area contributed by atoms with Gasteiger partial charge in [-0.05, 0) is 19.5 Å². The quantitative estimate of drug-likeness (QED) is 0.733. The third-order valence-corrected chi connectivity index (χ3v) is 3.03. The van der Waals surface area contributed by atoms with Crippen molar-refractivity contribution in [3.63, 3.8) is 0 Å². The highest BCUT2D eigenvalue weighted by Gasteiger charge is 2.16. The van der Waals surface area contributed by atoms with E-state index in [2.05, 4.69) is 12.2 Å². The van der Waals surface area contributed by atoms with Gasteiger partial charge in [0.25, 0.3) is 0 Å². The van der Waals surface area contributed by atoms with Crippen molar-refractivity contribution in [1.82, 2.24) is 5.32 Å². The molecule has 0 amide bonds. The largest absolute Gasteiger partial charge is 0.494 e. The summed E-state index contributed by atoms with van der Waals surface area (Å²) in [6.45, 7) is 2.17. The number of methoxy groups -OCH3 is 1. The SMILES string of the molecule is CCCCCC(NC)c1cccc(OC)c1F. The molecule has 0 aliphatic rings. The minimum Gasteiger partial charge on any atom is -0.494 e. The summed E-state index contributed by atoms with van der Waals surface area (Å²) in [6, 6.07) is 5.38. The molecule has 0 aliphatic heterocycles. The second-order valence-electron chi connectivity index (χ2n) is 4.20. The van der Waals surface area contributed by atoms with Crippen molar-refractivity contribution in [2.75, 3.05) is 14.2 Å². The monoisotopic (exact) mass is 239 g/mol. The van der Waals surface area contributed by atoms with E-state index in [1.165, 1.54) is 20.0 Å². The molecule has 96 valence electrons. The number of hydrogen-bond acceptors (Lipinski definition) is 2. The molecule has 1 N–H and O–H groups in total. The van der Waals surface area contributed by atoms with Crippen LogP contribution in [-0.4, -0.2) is 14.2 Å². The lowest BCUT2D eigenvalue weighted by atomic mass is 10.00. The second kappa shape index (κ2) is 7.28. The van der Waals surface area contributed by atoms with Crippen LogP contribution in [0.3, 0.4) is 0 Å². The number of halogens is 1. The van der Waals surface area contributed by atoms with Gasteiger partial charge in [-0.3, -0.25) is 0 Å². The number of hydrogen-bond donors (Lipinski definition) is 1. The van der Waals surface area contributed by atoms with Crippen LogP contribution in [0.25, 0.3) is 0 Å². The highest BCUT2D eigenvalue weighted by Crippen LogP contribution is 2.27. The molecule has 0 saturated heterocycles. The molecular weight excluding hydrogens is 217 g/mol. The molecule has 0 heterocycles. The zero-order chi connectivity index (χ0) is 12.7. The fourth-order valence-electron chi connectivity index (χ4n) is 2.01. The lowest BCUT2D eigenvalue weighted by Gasteiger charge is -2.18. The van der Waals surface area contributed by atoms with Crippen LogP contribution in [0.1, 0.15) is 44.2 Å². The average Bonchev–Trinajstić information content (AvgIpc) is 2.36. The number of rotatable bonds is 7. The van der Waals surface area contributed by atoms with Gasteiger partial charge in [0.2, 0.25) is 0 Å². The van der Waals surface area contributed by atoms with Crippen molar-refractivity contribution in [3.05, 3.63) is 29.6 Å². The van der Waals surface area contributed by atoms with Crippen LogP contribution >= 0.6 is 0 Å². The molecule has 0 fully saturated rings. The second-order valence-corrected chi connectivity index (χ2v) is 4.20. The van der Waals surface area contributed by atoms with Crippen LogP contribution in [0.4, 0.5) is 4.39 Å². The molecule has 3 heteroatoms. The molecule has 0 saturated carbocycles. The Morgan fingerprint density at radius 2 is 2.12 bits per heavy atom. The summed E-state index contributed by atoms with van der Waals surface area (Å²) in [6.07, 6.45) is 4.42. The molecule has 0 radical (unpaired) electrons. The van der Waals surface area contributed by atoms with E-state index in [1.54, 1.807) is 6.07 Å². The van der Waals surface area contributed by atoms with E-state index in [0.29, 0.717) is 11.3 Å². The Hall–Kier alpha value is -1.09. The van der Waals surface area contributed by atoms with Gasteiger partial charge in [0.05, 0.1) is 7.11 Å². The minimum atomic E-state index is -0.245. The van der Waals surface area contributed by atoms with Gasteiger partial charge in [0.15, 0.2) is 11.6 Å². The van der Waals surface area contributed by atoms with E-state index >= 15 is 0 Å². The van der Waals surface area contributed by atoms with Gasteiger partial charge in [-0.1, -0.05) is 38.3 Å². The molecule has 1 unspecified atom stereocenters. The number of benzene rings is 1. The van der Waals surface area contributed by atoms with Gasteiger partial charge < -0.3 is 10.1 Å². The Balaban J connectivity index is 2.80. The molecular formula is C14H22FNO. The summed E-state index contributed by atoms with van der Waals surface area (Å²) in [5.74, 6) is 0.0732. The molecule has 2 nitrogen and oxygen atoms in total. The molecule has 1 atom stereocenters. The van der Waals surface area contributed by atoms with E-state index in [1.807, 2.05) is 19.2 Å². The predicted molar refractivity (Wildman–Crippen MR) is 68.9 cm³/mol. The average molecular weight is 239 g/mol. The summed E-state index contributed by atoms with van der Waals surface area (Å²) in [5.41, 5.74) is 0.697. The van der Waals surface area contributed by atoms with Crippen LogP contribution in [0.15, 0.2) is 18.2 Å². The van der Waals surface area contributed by atoms with Crippen LogP contribution in [-0.2, 0) is 0 Å². The maximum atomic E-state index is 14.1. The number of unbranched alkanes of at least 4 members (excludes halogenated alkanes) is 2. The highest BCUT2D eigenvalue weighted by molar-refractivity contribution is 5.33. The van der Waals surface area contributed by atoms with E-state index in [4.69, 9.17) is 4.74 Å². The Morgan fingerprint density at radius 1 is 1.35 bits per heavy atom. The van der Waals surface area contributed by atoms with Crippen LogP contribution in [0.2, 0.25) is 0 Å². The van der Waals surface area contributed by atoms with E-state index < -0.39 is 0 Å². The number of nitrogens with one attached hydrogen (secondary N) is 1. The fraction of sp³-hybridized carbons (Fsp3) is 0.571. The van der Waals surface area contributed by atoms with Crippen molar-refractivity contribution in [2.24, 2.45) is 0 Å². The van der Waals surface area contributed by atoms with Gasteiger partial charge in [0.1, 0.15) is 0 Å². The lowest BCUT2D eigenvalue weighted by Crippen LogP contribution is -2.18. The number of ether oxygens (including phenoxy) is 1. The van der Waals surface area contributed by atoms with Crippen molar-refractivity contribution in [3.8, 4) is 5.75 Å². The Morgan fingerprint density at radius 3 is 2.71 bits per heavy atom. The molecule has 0 aliphatic carbocycles. The topological polar surface area (TPSA) is 21.3 Å². The van der Waals surface area contributed by atoms with E-state index in [9.17, 15) is 4.39 Å². The maximum Gasteiger partial charge on any atom is 0.169 e. The van der Waals surface area contributed by atoms with Gasteiger partial charge in [-0.15, -0.1) is 0 Å². The minimum absolute atomic E-state index is 0.0663. The van der Waals surface area contributed by atoms with Gasteiger partial charge in [-0.25, -0.2) is 4.39 Å². The summed E-state index contributed by atoms with van der Waals surface area (Å²) < 4.78 is 19.1. The first kappa shape index (κ1) is 14.0. The molecule has 0 bridgehead atoms. The Labute approximate surface area is 103 Å². The van der Waals surface area contributed by atoms with Gasteiger partial charge in [-0.2, -0.15) is 0 Å². The Kier molecular flexibility index (Phi) is 5.98. The van der Waals surface area contributed by atoms with Gasteiger partial charge >= 0.3 is 0 Å². The first-order valence-electron chi connectivity index (χ1n) is 6.24. The lowest BCUT2D eigenvalue weighted by molar-refractivity contribution is 0.378. The molecule has 17 heavy (non-hydrogen) atoms. The summed E-state index contributed by atoms with van der Waals surface area (Å²) in [4.78, 5) is 0. The summed E-state index contributed by atoms with van der Waals surface area (Å²) >= 11 is 0.